The lowest BCUT2D eigenvalue weighted by Gasteiger charge is -2.31. The number of allylic oxidation sites excluding steroid dienone is 3. The van der Waals surface area contributed by atoms with Crippen molar-refractivity contribution >= 4 is 5.69 Å². The van der Waals surface area contributed by atoms with Crippen LogP contribution >= 0.6 is 0 Å². The minimum atomic E-state index is 0.543. The molecule has 1 aromatic carbocycles. The van der Waals surface area contributed by atoms with Crippen LogP contribution in [-0.2, 0) is 0 Å². The summed E-state index contributed by atoms with van der Waals surface area (Å²) in [6.07, 6.45) is 19.4. The second-order valence-electron chi connectivity index (χ2n) is 10.0. The van der Waals surface area contributed by atoms with Crippen molar-refractivity contribution in [2.45, 2.75) is 125 Å². The van der Waals surface area contributed by atoms with Crippen LogP contribution in [0.5, 0.6) is 0 Å². The summed E-state index contributed by atoms with van der Waals surface area (Å²) in [4.78, 5) is 2.25. The zero-order valence-electron chi connectivity index (χ0n) is 23.4. The van der Waals surface area contributed by atoms with Crippen LogP contribution in [0, 0.1) is 12.8 Å². The van der Waals surface area contributed by atoms with E-state index in [1.807, 2.05) is 0 Å². The van der Waals surface area contributed by atoms with Gasteiger partial charge in [0, 0.05) is 11.4 Å². The highest BCUT2D eigenvalue weighted by Crippen LogP contribution is 2.33. The maximum absolute atomic E-state index is 6.76. The predicted octanol–water partition coefficient (Wildman–Crippen LogP) is 10.2. The van der Waals surface area contributed by atoms with Crippen molar-refractivity contribution in [3.63, 3.8) is 0 Å². The van der Waals surface area contributed by atoms with Gasteiger partial charge in [-0.3, -0.25) is 0 Å². The van der Waals surface area contributed by atoms with Crippen molar-refractivity contribution in [1.29, 1.82) is 0 Å². The molecule has 0 spiro atoms. The Morgan fingerprint density at radius 2 is 1.56 bits per heavy atom. The van der Waals surface area contributed by atoms with E-state index < -0.39 is 0 Å². The van der Waals surface area contributed by atoms with Gasteiger partial charge in [-0.1, -0.05) is 116 Å². The van der Waals surface area contributed by atoms with Gasteiger partial charge in [-0.2, -0.15) is 0 Å². The zero-order valence-corrected chi connectivity index (χ0v) is 23.4. The highest BCUT2D eigenvalue weighted by Gasteiger charge is 2.20. The maximum Gasteiger partial charge on any atom is 0.0615 e. The third kappa shape index (κ3) is 10.1. The van der Waals surface area contributed by atoms with Gasteiger partial charge in [0.2, 0.25) is 0 Å². The van der Waals surface area contributed by atoms with Crippen molar-refractivity contribution in [2.24, 2.45) is 11.7 Å². The van der Waals surface area contributed by atoms with Gasteiger partial charge in [0.1, 0.15) is 0 Å². The van der Waals surface area contributed by atoms with E-state index in [0.29, 0.717) is 5.92 Å². The molecule has 1 atom stereocenters. The quantitative estimate of drug-likeness (QED) is 0.231. The number of aryl methyl sites for hydroxylation is 1. The first-order valence-electron chi connectivity index (χ1n) is 14.1. The molecule has 0 radical (unpaired) electrons. The molecular weight excluding hydrogens is 412 g/mol. The highest BCUT2D eigenvalue weighted by molar-refractivity contribution is 5.65. The molecule has 0 saturated heterocycles. The number of rotatable bonds is 13. The fourth-order valence-electron chi connectivity index (χ4n) is 4.83. The van der Waals surface area contributed by atoms with Crippen LogP contribution in [0.3, 0.4) is 0 Å². The van der Waals surface area contributed by atoms with Gasteiger partial charge >= 0.3 is 0 Å². The molecule has 0 aliphatic heterocycles. The molecule has 0 amide bonds. The van der Waals surface area contributed by atoms with Gasteiger partial charge < -0.3 is 10.6 Å². The Morgan fingerprint density at radius 3 is 2.09 bits per heavy atom. The van der Waals surface area contributed by atoms with Crippen LogP contribution in [0.1, 0.15) is 124 Å². The van der Waals surface area contributed by atoms with Gasteiger partial charge in [-0.15, -0.1) is 0 Å². The van der Waals surface area contributed by atoms with Crippen molar-refractivity contribution in [3.05, 3.63) is 65.1 Å². The summed E-state index contributed by atoms with van der Waals surface area (Å²) in [5.41, 5.74) is 13.4. The molecule has 1 aromatic rings. The fraction of sp³-hybridized carbons (Fsp3) is 0.625. The van der Waals surface area contributed by atoms with E-state index >= 15 is 0 Å². The summed E-state index contributed by atoms with van der Waals surface area (Å²) in [5.74, 6) is 0.543. The summed E-state index contributed by atoms with van der Waals surface area (Å²) < 4.78 is 0. The van der Waals surface area contributed by atoms with Crippen molar-refractivity contribution in [3.8, 4) is 0 Å². The van der Waals surface area contributed by atoms with Crippen molar-refractivity contribution < 1.29 is 0 Å². The Balaban J connectivity index is 0.00000102. The second-order valence-corrected chi connectivity index (χ2v) is 10.0. The molecule has 0 heterocycles. The molecule has 2 N–H and O–H groups in total. The fourth-order valence-corrected chi connectivity index (χ4v) is 4.83. The molecule has 1 aliphatic rings. The van der Waals surface area contributed by atoms with E-state index in [1.54, 1.807) is 0 Å². The molecule has 2 rings (SSSR count). The Morgan fingerprint density at radius 1 is 0.941 bits per heavy atom. The Labute approximate surface area is 212 Å². The summed E-state index contributed by atoms with van der Waals surface area (Å²) in [7, 11) is 0. The van der Waals surface area contributed by atoms with Crippen LogP contribution < -0.4 is 10.6 Å². The molecule has 1 aliphatic carbocycles. The molecule has 1 fully saturated rings. The lowest BCUT2D eigenvalue weighted by atomic mass is 9.88. The van der Waals surface area contributed by atoms with Gasteiger partial charge in [-0.25, -0.2) is 0 Å². The SMILES string of the molecule is C1CCCC1.C=C(/C(N)=C(\C)C(CCC)CCCCC)N(/C(C)=C/CCC)c1ccccc1C. The number of nitrogens with zero attached hydrogens (tertiary/aromatic N) is 1. The van der Waals surface area contributed by atoms with Gasteiger partial charge in [0.25, 0.3) is 0 Å². The minimum Gasteiger partial charge on any atom is -0.397 e. The third-order valence-electron chi connectivity index (χ3n) is 7.10. The smallest absolute Gasteiger partial charge is 0.0615 e. The standard InChI is InChI=1S/C27H44N2.C5H10/c1-8-11-13-19-25(16-10-3)23(6)27(28)24(7)29(22(5)18-12-9-2)26-20-15-14-17-21(26)4;1-2-4-5-3-1/h14-15,17-18,20,25H,7-13,16,19,28H2,1-6H3;1-5H2/b22-18+,27-23-;. The zero-order chi connectivity index (χ0) is 25.3. The summed E-state index contributed by atoms with van der Waals surface area (Å²) >= 11 is 0. The molecule has 1 saturated carbocycles. The number of para-hydroxylation sites is 1. The number of nitrogens with two attached hydrogens (primary N) is 1. The minimum absolute atomic E-state index is 0.543. The number of anilines is 1. The van der Waals surface area contributed by atoms with Crippen LogP contribution in [-0.4, -0.2) is 0 Å². The van der Waals surface area contributed by atoms with Gasteiger partial charge in [0.15, 0.2) is 0 Å². The number of benzene rings is 1. The Kier molecular flexibility index (Phi) is 15.5. The molecular formula is C32H54N2. The summed E-state index contributed by atoms with van der Waals surface area (Å²) in [6, 6.07) is 8.49. The molecule has 2 heteroatoms. The van der Waals surface area contributed by atoms with E-state index in [4.69, 9.17) is 5.73 Å². The van der Waals surface area contributed by atoms with Crippen LogP contribution in [0.2, 0.25) is 0 Å². The molecule has 0 bridgehead atoms. The summed E-state index contributed by atoms with van der Waals surface area (Å²) in [6.45, 7) is 17.7. The highest BCUT2D eigenvalue weighted by atomic mass is 15.2. The molecule has 34 heavy (non-hydrogen) atoms. The lowest BCUT2D eigenvalue weighted by molar-refractivity contribution is 0.477. The molecule has 1 unspecified atom stereocenters. The average Bonchev–Trinajstić information content (AvgIpc) is 3.43. The average molecular weight is 467 g/mol. The van der Waals surface area contributed by atoms with Crippen LogP contribution in [0.4, 0.5) is 5.69 Å². The number of hydrogen-bond donors (Lipinski definition) is 1. The van der Waals surface area contributed by atoms with E-state index in [-0.39, 0.29) is 0 Å². The van der Waals surface area contributed by atoms with Crippen molar-refractivity contribution in [2.75, 3.05) is 4.90 Å². The van der Waals surface area contributed by atoms with Crippen molar-refractivity contribution in [1.82, 2.24) is 0 Å². The second kappa shape index (κ2) is 17.5. The topological polar surface area (TPSA) is 29.3 Å². The lowest BCUT2D eigenvalue weighted by Crippen LogP contribution is -2.26. The number of hydrogen-bond acceptors (Lipinski definition) is 2. The first-order chi connectivity index (χ1) is 16.4. The molecule has 192 valence electrons. The molecule has 2 nitrogen and oxygen atoms in total. The monoisotopic (exact) mass is 466 g/mol. The van der Waals surface area contributed by atoms with Gasteiger partial charge in [-0.05, 0) is 63.2 Å². The van der Waals surface area contributed by atoms with E-state index in [0.717, 1.165) is 29.9 Å². The van der Waals surface area contributed by atoms with Crippen LogP contribution in [0.15, 0.2) is 59.6 Å². The Hall–Kier alpha value is -1.96. The first-order valence-corrected chi connectivity index (χ1v) is 14.1. The number of unbranched alkanes of at least 4 members (excludes halogenated alkanes) is 3. The maximum atomic E-state index is 6.76. The molecule has 0 aromatic heterocycles. The van der Waals surface area contributed by atoms with Crippen LogP contribution in [0.25, 0.3) is 0 Å². The third-order valence-corrected chi connectivity index (χ3v) is 7.10. The summed E-state index contributed by atoms with van der Waals surface area (Å²) in [5, 5.41) is 0. The van der Waals surface area contributed by atoms with E-state index in [1.165, 1.54) is 87.5 Å². The van der Waals surface area contributed by atoms with Gasteiger partial charge in [0.05, 0.1) is 11.4 Å². The normalized spacial score (nSPS) is 15.3. The largest absolute Gasteiger partial charge is 0.397 e. The Bertz CT molecular complexity index is 759. The first kappa shape index (κ1) is 30.1. The predicted molar refractivity (Wildman–Crippen MR) is 154 cm³/mol. The van der Waals surface area contributed by atoms with E-state index in [9.17, 15) is 0 Å². The van der Waals surface area contributed by atoms with E-state index in [2.05, 4.69) is 83.4 Å².